The molecule has 1 amide bonds. The predicted molar refractivity (Wildman–Crippen MR) is 110 cm³/mol. The predicted octanol–water partition coefficient (Wildman–Crippen LogP) is 4.69. The van der Waals surface area contributed by atoms with E-state index in [0.29, 0.717) is 42.9 Å². The average Bonchev–Trinajstić information content (AvgIpc) is 3.36. The van der Waals surface area contributed by atoms with E-state index in [1.807, 2.05) is 53.4 Å². The Kier molecular flexibility index (Phi) is 5.81. The van der Waals surface area contributed by atoms with Gasteiger partial charge in [0.1, 0.15) is 5.75 Å². The van der Waals surface area contributed by atoms with Crippen LogP contribution in [0, 0.1) is 0 Å². The van der Waals surface area contributed by atoms with Gasteiger partial charge < -0.3 is 14.2 Å². The summed E-state index contributed by atoms with van der Waals surface area (Å²) in [6.45, 7) is 3.87. The molecule has 7 heteroatoms. The van der Waals surface area contributed by atoms with Crippen LogP contribution in [0.4, 0.5) is 0 Å². The summed E-state index contributed by atoms with van der Waals surface area (Å²) in [6.07, 6.45) is 1.34. The van der Waals surface area contributed by atoms with Crippen molar-refractivity contribution in [2.45, 2.75) is 32.2 Å². The van der Waals surface area contributed by atoms with Crippen LogP contribution in [0.1, 0.15) is 37.1 Å². The molecule has 29 heavy (non-hydrogen) atoms. The fraction of sp³-hybridized carbons (Fsp3) is 0.318. The molecule has 0 radical (unpaired) electrons. The smallest absolute Gasteiger partial charge is 0.232 e. The van der Waals surface area contributed by atoms with Crippen molar-refractivity contribution in [3.8, 4) is 17.1 Å². The lowest BCUT2D eigenvalue weighted by molar-refractivity contribution is -0.128. The number of carbonyl (C=O) groups excluding carboxylic acids is 1. The second-order valence-corrected chi connectivity index (χ2v) is 7.57. The number of carbonyl (C=O) groups is 1. The highest BCUT2D eigenvalue weighted by atomic mass is 35.5. The van der Waals surface area contributed by atoms with Crippen LogP contribution in [-0.4, -0.2) is 34.1 Å². The molecule has 2 heterocycles. The molecule has 2 aromatic carbocycles. The summed E-state index contributed by atoms with van der Waals surface area (Å²) in [4.78, 5) is 18.8. The minimum atomic E-state index is -0.0942. The third kappa shape index (κ3) is 4.59. The van der Waals surface area contributed by atoms with Gasteiger partial charge in [-0.25, -0.2) is 0 Å². The fourth-order valence-corrected chi connectivity index (χ4v) is 3.47. The van der Waals surface area contributed by atoms with Gasteiger partial charge in [0.15, 0.2) is 0 Å². The highest BCUT2D eigenvalue weighted by Crippen LogP contribution is 2.30. The van der Waals surface area contributed by atoms with Gasteiger partial charge >= 0.3 is 0 Å². The molecule has 0 saturated carbocycles. The van der Waals surface area contributed by atoms with Crippen molar-refractivity contribution in [1.29, 1.82) is 0 Å². The zero-order chi connectivity index (χ0) is 20.2. The fourth-order valence-electron chi connectivity index (χ4n) is 3.34. The van der Waals surface area contributed by atoms with Gasteiger partial charge in [0.25, 0.3) is 0 Å². The summed E-state index contributed by atoms with van der Waals surface area (Å²) >= 11 is 5.93. The van der Waals surface area contributed by atoms with Crippen molar-refractivity contribution in [3.05, 3.63) is 65.0 Å². The Labute approximate surface area is 174 Å². The van der Waals surface area contributed by atoms with Gasteiger partial charge in [0.05, 0.1) is 12.5 Å². The van der Waals surface area contributed by atoms with Crippen LogP contribution in [0.25, 0.3) is 11.4 Å². The molecular weight excluding hydrogens is 390 g/mol. The summed E-state index contributed by atoms with van der Waals surface area (Å²) < 4.78 is 11.1. The van der Waals surface area contributed by atoms with E-state index >= 15 is 0 Å². The molecule has 1 aromatic heterocycles. The Hall–Kier alpha value is -2.86. The van der Waals surface area contributed by atoms with Gasteiger partial charge in [-0.3, -0.25) is 4.79 Å². The summed E-state index contributed by atoms with van der Waals surface area (Å²) in [7, 11) is 0. The number of halogens is 1. The molecule has 1 atom stereocenters. The van der Waals surface area contributed by atoms with Crippen molar-refractivity contribution in [2.75, 3.05) is 13.2 Å². The number of rotatable bonds is 7. The molecule has 4 rings (SSSR count). The molecule has 0 aliphatic carbocycles. The number of hydrogen-bond acceptors (Lipinski definition) is 5. The lowest BCUT2D eigenvalue weighted by atomic mass is 10.1. The van der Waals surface area contributed by atoms with Crippen molar-refractivity contribution in [1.82, 2.24) is 15.0 Å². The molecule has 1 aliphatic rings. The third-order valence-corrected chi connectivity index (χ3v) is 5.13. The highest BCUT2D eigenvalue weighted by Gasteiger charge is 2.34. The largest absolute Gasteiger partial charge is 0.494 e. The van der Waals surface area contributed by atoms with E-state index in [9.17, 15) is 4.79 Å². The second kappa shape index (κ2) is 8.66. The third-order valence-electron chi connectivity index (χ3n) is 4.88. The first-order valence-electron chi connectivity index (χ1n) is 9.71. The minimum absolute atomic E-state index is 0.0853. The van der Waals surface area contributed by atoms with Gasteiger partial charge in [0, 0.05) is 30.1 Å². The normalized spacial score (nSPS) is 16.4. The van der Waals surface area contributed by atoms with Gasteiger partial charge in [-0.1, -0.05) is 35.8 Å². The maximum Gasteiger partial charge on any atom is 0.232 e. The van der Waals surface area contributed by atoms with Gasteiger partial charge in [-0.2, -0.15) is 4.98 Å². The van der Waals surface area contributed by atoms with Crippen LogP contribution in [0.15, 0.2) is 53.1 Å². The van der Waals surface area contributed by atoms with E-state index in [0.717, 1.165) is 23.3 Å². The number of likely N-dealkylation sites (tertiary alicyclic amines) is 1. The molecule has 1 unspecified atom stereocenters. The molecule has 0 N–H and O–H groups in total. The van der Waals surface area contributed by atoms with Crippen molar-refractivity contribution in [2.24, 2.45) is 0 Å². The van der Waals surface area contributed by atoms with E-state index in [1.54, 1.807) is 0 Å². The number of ether oxygens (including phenoxy) is 1. The number of aromatic nitrogens is 2. The Bertz CT molecular complexity index is 970. The zero-order valence-electron chi connectivity index (χ0n) is 16.2. The van der Waals surface area contributed by atoms with Crippen LogP contribution < -0.4 is 4.74 Å². The van der Waals surface area contributed by atoms with Crippen LogP contribution in [0.5, 0.6) is 5.75 Å². The summed E-state index contributed by atoms with van der Waals surface area (Å²) in [5.41, 5.74) is 1.89. The molecule has 3 aromatic rings. The molecule has 1 saturated heterocycles. The SMILES string of the molecule is CCCOc1ccc(-c2noc(C3CC(=O)N(Cc4ccc(Cl)cc4)C3)n2)cc1. The van der Waals surface area contributed by atoms with E-state index in [1.165, 1.54) is 0 Å². The Morgan fingerprint density at radius 3 is 2.66 bits per heavy atom. The quantitative estimate of drug-likeness (QED) is 0.563. The van der Waals surface area contributed by atoms with Crippen LogP contribution in [0.3, 0.4) is 0 Å². The summed E-state index contributed by atoms with van der Waals surface area (Å²) in [5, 5.41) is 4.78. The van der Waals surface area contributed by atoms with Crippen molar-refractivity contribution in [3.63, 3.8) is 0 Å². The maximum atomic E-state index is 12.4. The summed E-state index contributed by atoms with van der Waals surface area (Å²) in [6, 6.07) is 15.1. The van der Waals surface area contributed by atoms with E-state index in [2.05, 4.69) is 17.1 Å². The number of nitrogens with zero attached hydrogens (tertiary/aromatic N) is 3. The molecule has 1 fully saturated rings. The van der Waals surface area contributed by atoms with Crippen LogP contribution in [0.2, 0.25) is 5.02 Å². The first-order valence-corrected chi connectivity index (χ1v) is 10.1. The first kappa shape index (κ1) is 19.5. The zero-order valence-corrected chi connectivity index (χ0v) is 16.9. The molecule has 0 bridgehead atoms. The Balaban J connectivity index is 1.41. The Morgan fingerprint density at radius 1 is 1.17 bits per heavy atom. The molecule has 1 aliphatic heterocycles. The minimum Gasteiger partial charge on any atom is -0.494 e. The lowest BCUT2D eigenvalue weighted by Gasteiger charge is -2.16. The highest BCUT2D eigenvalue weighted by molar-refractivity contribution is 6.30. The summed E-state index contributed by atoms with van der Waals surface area (Å²) in [5.74, 6) is 1.83. The topological polar surface area (TPSA) is 68.5 Å². The van der Waals surface area contributed by atoms with Crippen LogP contribution >= 0.6 is 11.6 Å². The molecule has 6 nitrogen and oxygen atoms in total. The van der Waals surface area contributed by atoms with Crippen molar-refractivity contribution >= 4 is 17.5 Å². The first-order chi connectivity index (χ1) is 14.1. The monoisotopic (exact) mass is 411 g/mol. The number of benzene rings is 2. The van der Waals surface area contributed by atoms with E-state index < -0.39 is 0 Å². The van der Waals surface area contributed by atoms with E-state index in [-0.39, 0.29) is 11.8 Å². The van der Waals surface area contributed by atoms with Gasteiger partial charge in [-0.15, -0.1) is 0 Å². The van der Waals surface area contributed by atoms with Gasteiger partial charge in [-0.05, 0) is 48.4 Å². The molecule has 150 valence electrons. The number of amides is 1. The average molecular weight is 412 g/mol. The molecular formula is C22H22ClN3O3. The van der Waals surface area contributed by atoms with Crippen molar-refractivity contribution < 1.29 is 14.1 Å². The second-order valence-electron chi connectivity index (χ2n) is 7.13. The van der Waals surface area contributed by atoms with Gasteiger partial charge in [0.2, 0.25) is 17.6 Å². The lowest BCUT2D eigenvalue weighted by Crippen LogP contribution is -2.24. The Morgan fingerprint density at radius 2 is 1.93 bits per heavy atom. The van der Waals surface area contributed by atoms with Crippen LogP contribution in [-0.2, 0) is 11.3 Å². The van der Waals surface area contributed by atoms with E-state index in [4.69, 9.17) is 20.9 Å². The number of hydrogen-bond donors (Lipinski definition) is 0. The molecule has 0 spiro atoms. The maximum absolute atomic E-state index is 12.4. The standard InChI is InChI=1S/C22H22ClN3O3/c1-2-11-28-19-9-5-16(6-10-19)21-24-22(29-25-21)17-12-20(27)26(14-17)13-15-3-7-18(23)8-4-15/h3-10,17H,2,11-14H2,1H3.